The van der Waals surface area contributed by atoms with Crippen LogP contribution in [0.5, 0.6) is 0 Å². The lowest BCUT2D eigenvalue weighted by Gasteiger charge is -2.29. The molecule has 1 aromatic heterocycles. The molecule has 2 heterocycles. The van der Waals surface area contributed by atoms with E-state index < -0.39 is 0 Å². The number of halogens is 1. The molecule has 1 aliphatic heterocycles. The first-order chi connectivity index (χ1) is 9.15. The van der Waals surface area contributed by atoms with E-state index in [4.69, 9.17) is 10.2 Å². The highest BCUT2D eigenvalue weighted by molar-refractivity contribution is 9.10. The summed E-state index contributed by atoms with van der Waals surface area (Å²) < 4.78 is 5.90. The summed E-state index contributed by atoms with van der Waals surface area (Å²) in [6.45, 7) is 0.702. The average Bonchev–Trinajstić information content (AvgIpc) is 2.83. The highest BCUT2D eigenvalue weighted by atomic mass is 79.9. The molecule has 0 bridgehead atoms. The lowest BCUT2D eigenvalue weighted by Crippen LogP contribution is -2.35. The van der Waals surface area contributed by atoms with Crippen LogP contribution in [-0.4, -0.2) is 12.5 Å². The standard InChI is InChI=1S/C14H13BrN2O2/c15-13-6-5-12(19-13)14(18)17-7-1-2-9-8-10(16)3-4-11(9)17/h3-6,8H,1-2,7,16H2. The first kappa shape index (κ1) is 12.3. The Morgan fingerprint density at radius 1 is 1.32 bits per heavy atom. The number of carbonyl (C=O) groups is 1. The summed E-state index contributed by atoms with van der Waals surface area (Å²) in [6, 6.07) is 9.06. The van der Waals surface area contributed by atoms with Crippen LogP contribution in [0.3, 0.4) is 0 Å². The normalized spacial score (nSPS) is 14.3. The quantitative estimate of drug-likeness (QED) is 0.821. The molecule has 0 saturated heterocycles. The third kappa shape index (κ3) is 2.26. The summed E-state index contributed by atoms with van der Waals surface area (Å²) in [5.74, 6) is 0.230. The van der Waals surface area contributed by atoms with Crippen LogP contribution in [0.4, 0.5) is 11.4 Å². The highest BCUT2D eigenvalue weighted by Crippen LogP contribution is 2.30. The van der Waals surface area contributed by atoms with Gasteiger partial charge in [0.1, 0.15) is 0 Å². The molecular formula is C14H13BrN2O2. The minimum absolute atomic E-state index is 0.114. The maximum Gasteiger partial charge on any atom is 0.294 e. The van der Waals surface area contributed by atoms with Gasteiger partial charge in [0.15, 0.2) is 10.4 Å². The molecule has 0 radical (unpaired) electrons. The van der Waals surface area contributed by atoms with Gasteiger partial charge < -0.3 is 15.1 Å². The Morgan fingerprint density at radius 2 is 2.16 bits per heavy atom. The second-order valence-corrected chi connectivity index (χ2v) is 5.33. The molecule has 0 aliphatic carbocycles. The Bertz CT molecular complexity index is 636. The van der Waals surface area contributed by atoms with E-state index in [0.717, 1.165) is 29.8 Å². The zero-order valence-corrected chi connectivity index (χ0v) is 11.8. The number of anilines is 2. The van der Waals surface area contributed by atoms with E-state index in [1.165, 1.54) is 0 Å². The number of hydrogen-bond acceptors (Lipinski definition) is 3. The number of nitrogens with two attached hydrogens (primary N) is 1. The minimum Gasteiger partial charge on any atom is -0.444 e. The van der Waals surface area contributed by atoms with Crippen LogP contribution in [0.25, 0.3) is 0 Å². The predicted octanol–water partition coefficient (Wildman–Crippen LogP) is 3.22. The molecule has 3 rings (SSSR count). The molecule has 2 aromatic rings. The van der Waals surface area contributed by atoms with Crippen LogP contribution < -0.4 is 10.6 Å². The van der Waals surface area contributed by atoms with Crippen molar-refractivity contribution in [1.82, 2.24) is 0 Å². The average molecular weight is 321 g/mol. The Labute approximate surface area is 119 Å². The number of nitrogens with zero attached hydrogens (tertiary/aromatic N) is 1. The van der Waals surface area contributed by atoms with E-state index in [-0.39, 0.29) is 5.91 Å². The summed E-state index contributed by atoms with van der Waals surface area (Å²) >= 11 is 3.21. The van der Waals surface area contributed by atoms with E-state index in [1.807, 2.05) is 18.2 Å². The molecule has 1 amide bonds. The maximum atomic E-state index is 12.4. The van der Waals surface area contributed by atoms with Crippen LogP contribution in [0.15, 0.2) is 39.4 Å². The zero-order valence-electron chi connectivity index (χ0n) is 10.2. The fourth-order valence-electron chi connectivity index (χ4n) is 2.39. The van der Waals surface area contributed by atoms with Crippen molar-refractivity contribution in [2.45, 2.75) is 12.8 Å². The largest absolute Gasteiger partial charge is 0.444 e. The van der Waals surface area contributed by atoms with Crippen molar-refractivity contribution < 1.29 is 9.21 Å². The van der Waals surface area contributed by atoms with Crippen LogP contribution in [0.2, 0.25) is 0 Å². The zero-order chi connectivity index (χ0) is 13.4. The smallest absolute Gasteiger partial charge is 0.294 e. The van der Waals surface area contributed by atoms with Gasteiger partial charge in [-0.15, -0.1) is 0 Å². The number of nitrogen functional groups attached to an aromatic ring is 1. The second-order valence-electron chi connectivity index (χ2n) is 4.55. The van der Waals surface area contributed by atoms with Gasteiger partial charge in [0, 0.05) is 17.9 Å². The van der Waals surface area contributed by atoms with Crippen LogP contribution in [0, 0.1) is 0 Å². The van der Waals surface area contributed by atoms with Gasteiger partial charge >= 0.3 is 0 Å². The van der Waals surface area contributed by atoms with Crippen LogP contribution in [0.1, 0.15) is 22.5 Å². The van der Waals surface area contributed by atoms with Crippen molar-refractivity contribution in [1.29, 1.82) is 0 Å². The monoisotopic (exact) mass is 320 g/mol. The molecule has 0 spiro atoms. The molecule has 0 saturated carbocycles. The number of fused-ring (bicyclic) bond motifs is 1. The van der Waals surface area contributed by atoms with E-state index in [2.05, 4.69) is 15.9 Å². The summed E-state index contributed by atoms with van der Waals surface area (Å²) in [5, 5.41) is 0. The van der Waals surface area contributed by atoms with Crippen molar-refractivity contribution in [3.8, 4) is 0 Å². The Morgan fingerprint density at radius 3 is 2.89 bits per heavy atom. The third-order valence-corrected chi connectivity index (χ3v) is 3.68. The maximum absolute atomic E-state index is 12.4. The fourth-order valence-corrected chi connectivity index (χ4v) is 2.70. The van der Waals surface area contributed by atoms with E-state index in [9.17, 15) is 4.79 Å². The Balaban J connectivity index is 1.97. The first-order valence-electron chi connectivity index (χ1n) is 6.11. The summed E-state index contributed by atoms with van der Waals surface area (Å²) in [6.07, 6.45) is 1.88. The second kappa shape index (κ2) is 4.74. The number of amides is 1. The minimum atomic E-state index is -0.114. The summed E-state index contributed by atoms with van der Waals surface area (Å²) in [4.78, 5) is 14.2. The molecule has 4 nitrogen and oxygen atoms in total. The number of carbonyl (C=O) groups excluding carboxylic acids is 1. The lowest BCUT2D eigenvalue weighted by molar-refractivity contribution is 0.0957. The number of hydrogen-bond donors (Lipinski definition) is 1. The Hall–Kier alpha value is -1.75. The van der Waals surface area contributed by atoms with Crippen molar-refractivity contribution in [2.75, 3.05) is 17.2 Å². The lowest BCUT2D eigenvalue weighted by atomic mass is 10.0. The van der Waals surface area contributed by atoms with E-state index >= 15 is 0 Å². The van der Waals surface area contributed by atoms with Gasteiger partial charge in [0.2, 0.25) is 0 Å². The van der Waals surface area contributed by atoms with Gasteiger partial charge in [-0.05, 0) is 64.7 Å². The molecule has 1 aromatic carbocycles. The fraction of sp³-hybridized carbons (Fsp3) is 0.214. The molecule has 0 fully saturated rings. The van der Waals surface area contributed by atoms with Crippen molar-refractivity contribution >= 4 is 33.2 Å². The highest BCUT2D eigenvalue weighted by Gasteiger charge is 2.25. The van der Waals surface area contributed by atoms with Gasteiger partial charge in [-0.3, -0.25) is 4.79 Å². The van der Waals surface area contributed by atoms with E-state index in [0.29, 0.717) is 17.0 Å². The Kier molecular flexibility index (Phi) is 3.06. The predicted molar refractivity (Wildman–Crippen MR) is 77.3 cm³/mol. The van der Waals surface area contributed by atoms with Crippen molar-refractivity contribution in [3.05, 3.63) is 46.3 Å². The molecule has 0 atom stereocenters. The molecule has 5 heteroatoms. The summed E-state index contributed by atoms with van der Waals surface area (Å²) in [5.41, 5.74) is 8.56. The molecule has 1 aliphatic rings. The van der Waals surface area contributed by atoms with E-state index in [1.54, 1.807) is 17.0 Å². The van der Waals surface area contributed by atoms with Gasteiger partial charge in [0.05, 0.1) is 0 Å². The van der Waals surface area contributed by atoms with Gasteiger partial charge in [-0.25, -0.2) is 0 Å². The molecule has 2 N–H and O–H groups in total. The number of aryl methyl sites for hydroxylation is 1. The topological polar surface area (TPSA) is 59.5 Å². The number of benzene rings is 1. The van der Waals surface area contributed by atoms with Gasteiger partial charge in [-0.2, -0.15) is 0 Å². The van der Waals surface area contributed by atoms with Gasteiger partial charge in [-0.1, -0.05) is 0 Å². The number of furan rings is 1. The van der Waals surface area contributed by atoms with Crippen LogP contribution >= 0.6 is 15.9 Å². The SMILES string of the molecule is Nc1ccc2c(c1)CCCN2C(=O)c1ccc(Br)o1. The molecule has 19 heavy (non-hydrogen) atoms. The molecule has 0 unspecified atom stereocenters. The van der Waals surface area contributed by atoms with Crippen LogP contribution in [-0.2, 0) is 6.42 Å². The van der Waals surface area contributed by atoms with Crippen molar-refractivity contribution in [3.63, 3.8) is 0 Å². The van der Waals surface area contributed by atoms with Gasteiger partial charge in [0.25, 0.3) is 5.91 Å². The van der Waals surface area contributed by atoms with Crippen molar-refractivity contribution in [2.24, 2.45) is 0 Å². The molecular weight excluding hydrogens is 308 g/mol. The number of rotatable bonds is 1. The first-order valence-corrected chi connectivity index (χ1v) is 6.90. The summed E-state index contributed by atoms with van der Waals surface area (Å²) in [7, 11) is 0. The molecule has 98 valence electrons. The third-order valence-electron chi connectivity index (χ3n) is 3.25.